The zero-order chi connectivity index (χ0) is 89.8. The number of aliphatic hydroxyl groups is 4. The molecule has 6 aromatic carbocycles. The number of hydrogen-bond donors (Lipinski definition) is 10. The molecular weight excluding hydrogens is 1790 g/mol. The molecule has 3 aliphatic rings. The van der Waals surface area contributed by atoms with Crippen LogP contribution in [0.25, 0.3) is 0 Å². The number of halogens is 6. The van der Waals surface area contributed by atoms with Crippen LogP contribution in [0.4, 0.5) is 0 Å². The molecule has 41 heteroatoms. The molecule has 6 aromatic rings. The fourth-order valence-electron chi connectivity index (χ4n) is 13.4. The zero-order valence-corrected chi connectivity index (χ0v) is 75.4. The van der Waals surface area contributed by atoms with E-state index < -0.39 is 77.9 Å². The van der Waals surface area contributed by atoms with Crippen LogP contribution in [0.5, 0.6) is 0 Å². The van der Waals surface area contributed by atoms with Crippen LogP contribution in [0.15, 0.2) is 124 Å². The van der Waals surface area contributed by atoms with Gasteiger partial charge in [-0.05, 0) is 157 Å². The number of aliphatic hydroxyl groups excluding tert-OH is 4. The van der Waals surface area contributed by atoms with E-state index in [0.29, 0.717) is 109 Å². The standard InChI is InChI=1S/C54H70Cl4N4O14S2.C24H33Cl2N3O5S.C4H6O6/c1-61-33-45(43-29-39(55)31-49(57)47(43)35-61)37-7-3-9-41(27-37)77(67,68)26-6-15-72-19-23-75-22-18-71-14-5-11-51(63)52(64)53(65)54(66)59-12-16-73-20-24-76-25-21-74-17-13-60-78(69,70)42-10-4-8-38(28-42)46-34-62(2)36-48-44(46)30-40(56)32-50(48)58;1-29-16-22(21-14-19(25)15-24(26)23(21)17-29)18-3-2-4-20(13-18)35(30,31)28-6-8-33-10-12-34-11-9-32-7-5-27;5-1(3(7)8)2(6)4(9)10/h3-4,7-10,27-32,45-46,52-53,60,64-65H,5-6,11-26,33-36H2,1-2H3,(H,59,66);2-4,13-15,22,28H,5-12,16-17,27H2,1H3;1-2,5-6H,(H,7,8)(H,9,10)/t45-,46-,52-,53+;22-;1-,2-/m001/s1. The fourth-order valence-corrected chi connectivity index (χ4v) is 18.6. The lowest BCUT2D eigenvalue weighted by Gasteiger charge is -2.33. The smallest absolute Gasteiger partial charge is 0.335 e. The van der Waals surface area contributed by atoms with Gasteiger partial charge in [-0.1, -0.05) is 106 Å². The Morgan fingerprint density at radius 2 is 0.732 bits per heavy atom. The molecule has 0 unspecified atom stereocenters. The maximum absolute atomic E-state index is 13.3. The first-order valence-corrected chi connectivity index (χ1v) is 46.4. The van der Waals surface area contributed by atoms with Crippen LogP contribution >= 0.6 is 69.6 Å². The summed E-state index contributed by atoms with van der Waals surface area (Å²) in [7, 11) is -5.07. The number of aliphatic carboxylic acids is 2. The van der Waals surface area contributed by atoms with Crippen molar-refractivity contribution in [2.45, 2.75) is 95.8 Å². The number of hydrogen-bond acceptors (Lipinski definition) is 27. The third kappa shape index (κ3) is 34.3. The largest absolute Gasteiger partial charge is 0.479 e. The number of benzene rings is 6. The van der Waals surface area contributed by atoms with Crippen LogP contribution in [0.1, 0.15) is 87.1 Å². The molecule has 0 radical (unpaired) electrons. The van der Waals surface area contributed by atoms with Gasteiger partial charge in [0.15, 0.2) is 33.9 Å². The number of rotatable bonds is 51. The zero-order valence-electron chi connectivity index (χ0n) is 68.4. The molecule has 0 spiro atoms. The van der Waals surface area contributed by atoms with Crippen molar-refractivity contribution in [1.82, 2.24) is 29.5 Å². The lowest BCUT2D eigenvalue weighted by atomic mass is 9.85. The second-order valence-corrected chi connectivity index (χ2v) is 37.1. The highest BCUT2D eigenvalue weighted by atomic mass is 35.5. The number of nitrogens with two attached hydrogens (primary N) is 1. The van der Waals surface area contributed by atoms with Gasteiger partial charge in [-0.2, -0.15) is 0 Å². The molecule has 0 fully saturated rings. The van der Waals surface area contributed by atoms with Crippen molar-refractivity contribution in [3.8, 4) is 0 Å². The van der Waals surface area contributed by atoms with E-state index in [1.807, 2.05) is 57.5 Å². The molecule has 7 atom stereocenters. The summed E-state index contributed by atoms with van der Waals surface area (Å²) >= 11 is 38.4. The summed E-state index contributed by atoms with van der Waals surface area (Å²) < 4.78 is 133. The van der Waals surface area contributed by atoms with E-state index in [1.54, 1.807) is 72.8 Å². The van der Waals surface area contributed by atoms with Crippen molar-refractivity contribution < 1.29 is 118 Å². The van der Waals surface area contributed by atoms with Crippen molar-refractivity contribution in [3.63, 3.8) is 0 Å². The van der Waals surface area contributed by atoms with E-state index in [9.17, 15) is 54.6 Å². The van der Waals surface area contributed by atoms with E-state index in [-0.39, 0.29) is 157 Å². The number of ether oxygens (including phenoxy) is 9. The number of Topliss-reactive ketones (excluding diaryl/α,β-unsaturated/α-hetero) is 1. The van der Waals surface area contributed by atoms with Crippen molar-refractivity contribution in [2.24, 2.45) is 5.73 Å². The molecule has 123 heavy (non-hydrogen) atoms. The van der Waals surface area contributed by atoms with E-state index in [1.165, 1.54) is 0 Å². The first-order chi connectivity index (χ1) is 58.6. The SMILES string of the molecule is CN1Cc2c(Cl)cc(Cl)cc2[C@H](c2cccc(S(=O)(=O)CCCOCCOCCOCCCC(=O)[C@H](O)[C@@H](O)C(=O)NCCOCCOCCOCCNS(=O)(=O)c3cccc([C@@H]4CN(C)Cc5c(Cl)cc(Cl)cc54)c3)c2)C1.CN1Cc2c(Cl)cc(Cl)cc2[C@H](c2cccc(S(=O)(=O)NCCOCCOCCOCCN)c2)C1.O=C(O)[C@H](O)[C@@H](O)C(=O)O. The minimum atomic E-state index is -3.82. The Labute approximate surface area is 747 Å². The van der Waals surface area contributed by atoms with Crippen molar-refractivity contribution in [3.05, 3.63) is 189 Å². The molecule has 0 bridgehead atoms. The number of carbonyl (C=O) groups excluding carboxylic acids is 2. The highest BCUT2D eigenvalue weighted by molar-refractivity contribution is 7.91. The lowest BCUT2D eigenvalue weighted by molar-refractivity contribution is -0.165. The number of carboxylic acid groups (broad SMARTS) is 2. The summed E-state index contributed by atoms with van der Waals surface area (Å²) in [6, 6.07) is 31.8. The molecule has 3 aliphatic heterocycles. The van der Waals surface area contributed by atoms with Gasteiger partial charge in [0.05, 0.1) is 126 Å². The summed E-state index contributed by atoms with van der Waals surface area (Å²) in [6.07, 6.45) is -7.96. The maximum Gasteiger partial charge on any atom is 0.335 e. The Balaban J connectivity index is 0.000000378. The summed E-state index contributed by atoms with van der Waals surface area (Å²) in [5.74, 6) is -5.48. The molecule has 0 saturated heterocycles. The van der Waals surface area contributed by atoms with Gasteiger partial charge in [-0.3, -0.25) is 9.59 Å². The Bertz CT molecular complexity index is 4540. The number of ketones is 1. The van der Waals surface area contributed by atoms with Gasteiger partial charge in [0, 0.05) is 133 Å². The normalized spacial score (nSPS) is 16.7. The van der Waals surface area contributed by atoms with Crippen LogP contribution in [-0.2, 0) is 111 Å². The van der Waals surface area contributed by atoms with Gasteiger partial charge >= 0.3 is 11.9 Å². The fraction of sp³-hybridized carbons (Fsp3) is 0.512. The van der Waals surface area contributed by atoms with Crippen LogP contribution in [-0.4, -0.2) is 310 Å². The first kappa shape index (κ1) is 104. The van der Waals surface area contributed by atoms with Gasteiger partial charge in [-0.15, -0.1) is 0 Å². The molecule has 11 N–H and O–H groups in total. The lowest BCUT2D eigenvalue weighted by Crippen LogP contribution is -2.46. The molecular formula is C82H109Cl6N7O25S3. The van der Waals surface area contributed by atoms with Crippen LogP contribution in [0, 0.1) is 0 Å². The number of fused-ring (bicyclic) bond motifs is 3. The van der Waals surface area contributed by atoms with E-state index in [4.69, 9.17) is 138 Å². The van der Waals surface area contributed by atoms with E-state index in [2.05, 4.69) is 29.5 Å². The number of carboxylic acids is 2. The third-order valence-electron chi connectivity index (χ3n) is 19.5. The highest BCUT2D eigenvalue weighted by Gasteiger charge is 2.34. The second-order valence-electron chi connectivity index (χ2n) is 28.9. The molecule has 1 amide bonds. The van der Waals surface area contributed by atoms with E-state index in [0.717, 1.165) is 56.6 Å². The van der Waals surface area contributed by atoms with Crippen LogP contribution in [0.2, 0.25) is 30.1 Å². The maximum atomic E-state index is 13.3. The summed E-state index contributed by atoms with van der Waals surface area (Å²) in [5.41, 5.74) is 13.9. The minimum absolute atomic E-state index is 0.0151. The average Bonchev–Trinajstić information content (AvgIpc) is 0.781. The molecule has 9 rings (SSSR count). The molecule has 32 nitrogen and oxygen atoms in total. The van der Waals surface area contributed by atoms with Crippen LogP contribution in [0.3, 0.4) is 0 Å². The number of carbonyl (C=O) groups is 4. The molecule has 0 aromatic heterocycles. The molecule has 0 aliphatic carbocycles. The summed E-state index contributed by atoms with van der Waals surface area (Å²) in [6.45, 7) is 9.89. The average molecular weight is 1900 g/mol. The van der Waals surface area contributed by atoms with Gasteiger partial charge < -0.3 is 99.0 Å². The van der Waals surface area contributed by atoms with E-state index >= 15 is 0 Å². The number of sulfonamides is 2. The van der Waals surface area contributed by atoms with Gasteiger partial charge in [-0.25, -0.2) is 44.3 Å². The Morgan fingerprint density at radius 3 is 1.09 bits per heavy atom. The molecule has 3 heterocycles. The van der Waals surface area contributed by atoms with Crippen LogP contribution < -0.4 is 20.5 Å². The first-order valence-electron chi connectivity index (χ1n) is 39.5. The Kier molecular flexibility index (Phi) is 45.2. The topological polar surface area (TPSA) is 447 Å². The highest BCUT2D eigenvalue weighted by Crippen LogP contribution is 2.42. The number of likely N-dealkylation sites (N-methyl/N-ethyl adjacent to an activating group) is 3. The molecule has 0 saturated carbocycles. The Morgan fingerprint density at radius 1 is 0.415 bits per heavy atom. The van der Waals surface area contributed by atoms with Gasteiger partial charge in [0.2, 0.25) is 20.0 Å². The molecule has 682 valence electrons. The van der Waals surface area contributed by atoms with Crippen molar-refractivity contribution in [1.29, 1.82) is 0 Å². The predicted molar refractivity (Wildman–Crippen MR) is 463 cm³/mol. The monoisotopic (exact) mass is 1900 g/mol. The number of amides is 1. The predicted octanol–water partition coefficient (Wildman–Crippen LogP) is 6.62. The number of sulfone groups is 1. The summed E-state index contributed by atoms with van der Waals surface area (Å²) in [5, 5.41) is 58.8. The van der Waals surface area contributed by atoms with Crippen molar-refractivity contribution >= 4 is 123 Å². The van der Waals surface area contributed by atoms with Crippen molar-refractivity contribution in [2.75, 3.05) is 192 Å². The number of nitrogens with zero attached hydrogens (tertiary/aromatic N) is 3. The Hall–Kier alpha value is -5.77. The quantitative estimate of drug-likeness (QED) is 0.0179. The number of nitrogens with one attached hydrogen (secondary N) is 3. The minimum Gasteiger partial charge on any atom is -0.479 e. The second kappa shape index (κ2) is 53.3. The van der Waals surface area contributed by atoms with Gasteiger partial charge in [0.25, 0.3) is 5.91 Å². The van der Waals surface area contributed by atoms with Gasteiger partial charge in [0.1, 0.15) is 6.10 Å². The third-order valence-corrected chi connectivity index (χ3v) is 25.9. The summed E-state index contributed by atoms with van der Waals surface area (Å²) in [4.78, 5) is 51.3.